The molecule has 22 heavy (non-hydrogen) atoms. The largest absolute Gasteiger partial charge is 0.481 e. The molecule has 0 saturated carbocycles. The molecule has 0 saturated heterocycles. The molecule has 4 nitrogen and oxygen atoms in total. The maximum absolute atomic E-state index is 12.7. The molecule has 2 aromatic carbocycles. The SMILES string of the molecule is Cc1ccc(S(=O)(=O)C(CC(=O)O)Cc2ccccc2)cc1. The molecule has 2 rings (SSSR count). The molecule has 0 aliphatic carbocycles. The van der Waals surface area contributed by atoms with Crippen LogP contribution in [0.15, 0.2) is 59.5 Å². The zero-order valence-corrected chi connectivity index (χ0v) is 13.1. The monoisotopic (exact) mass is 318 g/mol. The van der Waals surface area contributed by atoms with Gasteiger partial charge in [-0.05, 0) is 31.0 Å². The minimum Gasteiger partial charge on any atom is -0.481 e. The predicted molar refractivity (Wildman–Crippen MR) is 84.6 cm³/mol. The maximum Gasteiger partial charge on any atom is 0.304 e. The van der Waals surface area contributed by atoms with Crippen molar-refractivity contribution in [3.8, 4) is 0 Å². The second kappa shape index (κ2) is 6.75. The van der Waals surface area contributed by atoms with Crippen LogP contribution in [0.2, 0.25) is 0 Å². The van der Waals surface area contributed by atoms with E-state index >= 15 is 0 Å². The van der Waals surface area contributed by atoms with E-state index in [9.17, 15) is 13.2 Å². The standard InChI is InChI=1S/C17H18O4S/c1-13-7-9-15(10-8-13)22(20,21)16(12-17(18)19)11-14-5-3-2-4-6-14/h2-10,16H,11-12H2,1H3,(H,18,19). The molecule has 0 fully saturated rings. The molecule has 0 aliphatic heterocycles. The zero-order valence-electron chi connectivity index (χ0n) is 12.3. The molecule has 0 bridgehead atoms. The van der Waals surface area contributed by atoms with E-state index in [2.05, 4.69) is 0 Å². The Morgan fingerprint density at radius 1 is 1.05 bits per heavy atom. The maximum atomic E-state index is 12.7. The van der Waals surface area contributed by atoms with Gasteiger partial charge in [0.05, 0.1) is 16.6 Å². The van der Waals surface area contributed by atoms with Gasteiger partial charge in [0.2, 0.25) is 0 Å². The zero-order chi connectivity index (χ0) is 16.2. The van der Waals surface area contributed by atoms with E-state index < -0.39 is 27.5 Å². The second-order valence-electron chi connectivity index (χ2n) is 5.27. The Morgan fingerprint density at radius 2 is 1.64 bits per heavy atom. The Bertz CT molecular complexity index is 734. The third-order valence-electron chi connectivity index (χ3n) is 3.50. The predicted octanol–water partition coefficient (Wildman–Crippen LogP) is 2.85. The van der Waals surface area contributed by atoms with Crippen molar-refractivity contribution < 1.29 is 18.3 Å². The molecule has 0 amide bonds. The first-order valence-electron chi connectivity index (χ1n) is 6.96. The third kappa shape index (κ3) is 3.95. The van der Waals surface area contributed by atoms with E-state index in [-0.39, 0.29) is 11.3 Å². The summed E-state index contributed by atoms with van der Waals surface area (Å²) in [6, 6.07) is 15.6. The lowest BCUT2D eigenvalue weighted by Crippen LogP contribution is -2.27. The van der Waals surface area contributed by atoms with Gasteiger partial charge in [0.25, 0.3) is 0 Å². The van der Waals surface area contributed by atoms with Gasteiger partial charge >= 0.3 is 5.97 Å². The highest BCUT2D eigenvalue weighted by Gasteiger charge is 2.29. The molecule has 2 aromatic rings. The Balaban J connectivity index is 2.35. The highest BCUT2D eigenvalue weighted by atomic mass is 32.2. The normalized spacial score (nSPS) is 12.8. The molecule has 116 valence electrons. The number of carbonyl (C=O) groups is 1. The van der Waals surface area contributed by atoms with Crippen molar-refractivity contribution >= 4 is 15.8 Å². The fraction of sp³-hybridized carbons (Fsp3) is 0.235. The molecule has 0 spiro atoms. The fourth-order valence-electron chi connectivity index (χ4n) is 2.28. The van der Waals surface area contributed by atoms with Crippen molar-refractivity contribution in [1.29, 1.82) is 0 Å². The summed E-state index contributed by atoms with van der Waals surface area (Å²) < 4.78 is 25.4. The van der Waals surface area contributed by atoms with Crippen LogP contribution in [-0.4, -0.2) is 24.7 Å². The summed E-state index contributed by atoms with van der Waals surface area (Å²) in [7, 11) is -3.69. The first kappa shape index (κ1) is 16.2. The van der Waals surface area contributed by atoms with Crippen LogP contribution in [0, 0.1) is 6.92 Å². The van der Waals surface area contributed by atoms with Gasteiger partial charge in [-0.2, -0.15) is 0 Å². The van der Waals surface area contributed by atoms with Crippen molar-refractivity contribution in [2.24, 2.45) is 0 Å². The Kier molecular flexibility index (Phi) is 4.98. The highest BCUT2D eigenvalue weighted by molar-refractivity contribution is 7.92. The lowest BCUT2D eigenvalue weighted by atomic mass is 10.1. The summed E-state index contributed by atoms with van der Waals surface area (Å²) in [4.78, 5) is 11.2. The van der Waals surface area contributed by atoms with Gasteiger partial charge in [0, 0.05) is 0 Å². The van der Waals surface area contributed by atoms with Crippen LogP contribution in [0.4, 0.5) is 0 Å². The highest BCUT2D eigenvalue weighted by Crippen LogP contribution is 2.22. The average Bonchev–Trinajstić information content (AvgIpc) is 2.47. The second-order valence-corrected chi connectivity index (χ2v) is 7.50. The molecular weight excluding hydrogens is 300 g/mol. The number of carboxylic acids is 1. The number of rotatable bonds is 6. The van der Waals surface area contributed by atoms with E-state index in [4.69, 9.17) is 5.11 Å². The van der Waals surface area contributed by atoms with Crippen molar-refractivity contribution in [3.63, 3.8) is 0 Å². The minimum atomic E-state index is -3.69. The van der Waals surface area contributed by atoms with Crippen molar-refractivity contribution in [1.82, 2.24) is 0 Å². The molecular formula is C17H18O4S. The van der Waals surface area contributed by atoms with Crippen LogP contribution in [0.3, 0.4) is 0 Å². The van der Waals surface area contributed by atoms with Gasteiger partial charge in [-0.1, -0.05) is 48.0 Å². The van der Waals surface area contributed by atoms with Gasteiger partial charge in [-0.15, -0.1) is 0 Å². The topological polar surface area (TPSA) is 71.4 Å². The number of carboxylic acid groups (broad SMARTS) is 1. The van der Waals surface area contributed by atoms with Gasteiger partial charge in [0.15, 0.2) is 9.84 Å². The lowest BCUT2D eigenvalue weighted by molar-refractivity contribution is -0.137. The summed E-state index contributed by atoms with van der Waals surface area (Å²) in [6.45, 7) is 1.87. The molecule has 1 N–H and O–H groups in total. The quantitative estimate of drug-likeness (QED) is 0.889. The Morgan fingerprint density at radius 3 is 2.18 bits per heavy atom. The summed E-state index contributed by atoms with van der Waals surface area (Å²) in [5.74, 6) is -1.11. The van der Waals surface area contributed by atoms with Gasteiger partial charge in [-0.25, -0.2) is 8.42 Å². The van der Waals surface area contributed by atoms with E-state index in [1.54, 1.807) is 24.3 Å². The van der Waals surface area contributed by atoms with Gasteiger partial charge < -0.3 is 5.11 Å². The first-order chi connectivity index (χ1) is 10.4. The van der Waals surface area contributed by atoms with Gasteiger partial charge in [-0.3, -0.25) is 4.79 Å². The number of sulfone groups is 1. The van der Waals surface area contributed by atoms with E-state index in [1.165, 1.54) is 12.1 Å². The molecule has 0 radical (unpaired) electrons. The summed E-state index contributed by atoms with van der Waals surface area (Å²) in [5, 5.41) is 8.08. The number of hydrogen-bond donors (Lipinski definition) is 1. The number of hydrogen-bond acceptors (Lipinski definition) is 3. The number of benzene rings is 2. The average molecular weight is 318 g/mol. The Hall–Kier alpha value is -2.14. The molecule has 0 heterocycles. The number of aliphatic carboxylic acids is 1. The third-order valence-corrected chi connectivity index (χ3v) is 5.64. The Labute approximate surface area is 130 Å². The molecule has 0 aliphatic rings. The van der Waals surface area contributed by atoms with Crippen LogP contribution in [0.25, 0.3) is 0 Å². The van der Waals surface area contributed by atoms with Crippen LogP contribution in [-0.2, 0) is 21.1 Å². The minimum absolute atomic E-state index is 0.167. The van der Waals surface area contributed by atoms with Crippen molar-refractivity contribution in [2.45, 2.75) is 29.9 Å². The van der Waals surface area contributed by atoms with Crippen LogP contribution < -0.4 is 0 Å². The van der Waals surface area contributed by atoms with E-state index in [0.29, 0.717) is 0 Å². The summed E-state index contributed by atoms with van der Waals surface area (Å²) in [6.07, 6.45) is -0.228. The van der Waals surface area contributed by atoms with E-state index in [1.807, 2.05) is 25.1 Å². The van der Waals surface area contributed by atoms with E-state index in [0.717, 1.165) is 11.1 Å². The van der Waals surface area contributed by atoms with Crippen molar-refractivity contribution in [3.05, 3.63) is 65.7 Å². The van der Waals surface area contributed by atoms with Crippen LogP contribution >= 0.6 is 0 Å². The first-order valence-corrected chi connectivity index (χ1v) is 8.50. The summed E-state index contributed by atoms with van der Waals surface area (Å²) in [5.41, 5.74) is 1.77. The number of aryl methyl sites for hydroxylation is 1. The van der Waals surface area contributed by atoms with Crippen LogP contribution in [0.1, 0.15) is 17.5 Å². The van der Waals surface area contributed by atoms with Gasteiger partial charge in [0.1, 0.15) is 0 Å². The summed E-state index contributed by atoms with van der Waals surface area (Å²) >= 11 is 0. The van der Waals surface area contributed by atoms with Crippen molar-refractivity contribution in [2.75, 3.05) is 0 Å². The molecule has 0 aromatic heterocycles. The smallest absolute Gasteiger partial charge is 0.304 e. The lowest BCUT2D eigenvalue weighted by Gasteiger charge is -2.16. The molecule has 1 atom stereocenters. The molecule has 5 heteroatoms. The fourth-order valence-corrected chi connectivity index (χ4v) is 3.96. The molecule has 1 unspecified atom stereocenters. The van der Waals surface area contributed by atoms with Crippen LogP contribution in [0.5, 0.6) is 0 Å².